The minimum atomic E-state index is -1.62. The van der Waals surface area contributed by atoms with Crippen molar-refractivity contribution in [3.63, 3.8) is 0 Å². The van der Waals surface area contributed by atoms with Crippen LogP contribution in [0.5, 0.6) is 5.75 Å². The summed E-state index contributed by atoms with van der Waals surface area (Å²) in [7, 11) is -0.174. The van der Waals surface area contributed by atoms with Gasteiger partial charge in [0.25, 0.3) is 5.56 Å². The maximum absolute atomic E-state index is 11.6. The Morgan fingerprint density at radius 3 is 2.79 bits per heavy atom. The van der Waals surface area contributed by atoms with Crippen molar-refractivity contribution < 1.29 is 14.8 Å². The lowest BCUT2D eigenvalue weighted by Crippen LogP contribution is -2.32. The summed E-state index contributed by atoms with van der Waals surface area (Å²) in [6.45, 7) is 0.302. The predicted molar refractivity (Wildman–Crippen MR) is 70.4 cm³/mol. The molecule has 0 aliphatic heterocycles. The number of ether oxygens (including phenoxy) is 1. The first-order valence-electron chi connectivity index (χ1n) is 5.65. The van der Waals surface area contributed by atoms with E-state index in [4.69, 9.17) is 4.74 Å². The van der Waals surface area contributed by atoms with Gasteiger partial charge in [0.05, 0.1) is 20.0 Å². The molecule has 0 unspecified atom stereocenters. The highest BCUT2D eigenvalue weighted by molar-refractivity contribution is 6.59. The van der Waals surface area contributed by atoms with Gasteiger partial charge in [0.2, 0.25) is 0 Å². The molecule has 19 heavy (non-hydrogen) atoms. The Kier molecular flexibility index (Phi) is 3.98. The van der Waals surface area contributed by atoms with Gasteiger partial charge < -0.3 is 14.8 Å². The highest BCUT2D eigenvalue weighted by Crippen LogP contribution is 2.10. The molecule has 98 valence electrons. The third-order valence-corrected chi connectivity index (χ3v) is 2.72. The SMILES string of the molecule is COc1ccc(Cn2cnccc2=O)cc1B(O)O. The van der Waals surface area contributed by atoms with Crippen molar-refractivity contribution in [1.29, 1.82) is 0 Å². The van der Waals surface area contributed by atoms with Crippen molar-refractivity contribution in [2.24, 2.45) is 0 Å². The van der Waals surface area contributed by atoms with Gasteiger partial charge in [-0.2, -0.15) is 0 Å². The summed E-state index contributed by atoms with van der Waals surface area (Å²) in [4.78, 5) is 15.4. The summed E-state index contributed by atoms with van der Waals surface area (Å²) < 4.78 is 6.46. The normalized spacial score (nSPS) is 10.3. The van der Waals surface area contributed by atoms with E-state index in [0.29, 0.717) is 12.3 Å². The van der Waals surface area contributed by atoms with Gasteiger partial charge >= 0.3 is 7.12 Å². The van der Waals surface area contributed by atoms with Crippen LogP contribution in [0.25, 0.3) is 0 Å². The zero-order valence-electron chi connectivity index (χ0n) is 10.4. The fourth-order valence-corrected chi connectivity index (χ4v) is 1.78. The number of hydrogen-bond acceptors (Lipinski definition) is 5. The summed E-state index contributed by atoms with van der Waals surface area (Å²) in [5.74, 6) is 0.386. The van der Waals surface area contributed by atoms with E-state index in [2.05, 4.69) is 4.98 Å². The van der Waals surface area contributed by atoms with E-state index in [-0.39, 0.29) is 11.0 Å². The molecule has 1 heterocycles. The molecule has 0 atom stereocenters. The minimum absolute atomic E-state index is 0.170. The standard InChI is InChI=1S/C12H13BN2O4/c1-19-11-3-2-9(6-10(11)13(17)18)7-15-8-14-5-4-12(15)16/h2-6,8,17-18H,7H2,1H3. The summed E-state index contributed by atoms with van der Waals surface area (Å²) in [5.41, 5.74) is 0.841. The second kappa shape index (κ2) is 5.68. The molecule has 0 aliphatic rings. The molecule has 6 nitrogen and oxygen atoms in total. The van der Waals surface area contributed by atoms with Crippen molar-refractivity contribution in [3.8, 4) is 5.75 Å². The Labute approximate surface area is 110 Å². The van der Waals surface area contributed by atoms with E-state index in [1.807, 2.05) is 0 Å². The van der Waals surface area contributed by atoms with Crippen LogP contribution in [0.4, 0.5) is 0 Å². The lowest BCUT2D eigenvalue weighted by Gasteiger charge is -2.11. The highest BCUT2D eigenvalue weighted by atomic mass is 16.5. The Bertz CT molecular complexity index is 627. The van der Waals surface area contributed by atoms with Crippen LogP contribution in [0.15, 0.2) is 41.6 Å². The molecule has 0 radical (unpaired) electrons. The Morgan fingerprint density at radius 1 is 1.37 bits per heavy atom. The van der Waals surface area contributed by atoms with Crippen LogP contribution in [-0.4, -0.2) is 33.8 Å². The average molecular weight is 260 g/mol. The predicted octanol–water partition coefficient (Wildman–Crippen LogP) is -1.02. The average Bonchev–Trinajstić information content (AvgIpc) is 2.41. The molecule has 1 aromatic heterocycles. The number of nitrogens with zero attached hydrogens (tertiary/aromatic N) is 2. The van der Waals surface area contributed by atoms with Crippen LogP contribution in [0.1, 0.15) is 5.56 Å². The lowest BCUT2D eigenvalue weighted by atomic mass is 9.78. The van der Waals surface area contributed by atoms with Crippen LogP contribution < -0.4 is 15.8 Å². The molecule has 0 fully saturated rings. The fourth-order valence-electron chi connectivity index (χ4n) is 1.78. The van der Waals surface area contributed by atoms with Crippen molar-refractivity contribution in [3.05, 3.63) is 52.7 Å². The minimum Gasteiger partial charge on any atom is -0.497 e. The molecule has 2 N–H and O–H groups in total. The molecule has 0 saturated carbocycles. The number of rotatable bonds is 4. The van der Waals surface area contributed by atoms with Gasteiger partial charge in [-0.25, -0.2) is 4.98 Å². The van der Waals surface area contributed by atoms with Crippen molar-refractivity contribution in [1.82, 2.24) is 9.55 Å². The second-order valence-electron chi connectivity index (χ2n) is 4.00. The van der Waals surface area contributed by atoms with Crippen molar-refractivity contribution in [2.75, 3.05) is 7.11 Å². The van der Waals surface area contributed by atoms with Gasteiger partial charge in [0, 0.05) is 17.7 Å². The summed E-state index contributed by atoms with van der Waals surface area (Å²) in [6, 6.07) is 6.34. The number of benzene rings is 1. The van der Waals surface area contributed by atoms with Gasteiger partial charge in [-0.15, -0.1) is 0 Å². The summed E-state index contributed by atoms with van der Waals surface area (Å²) >= 11 is 0. The fraction of sp³-hybridized carbons (Fsp3) is 0.167. The number of hydrogen-bond donors (Lipinski definition) is 2. The lowest BCUT2D eigenvalue weighted by molar-refractivity contribution is 0.403. The van der Waals surface area contributed by atoms with Crippen LogP contribution in [0, 0.1) is 0 Å². The Morgan fingerprint density at radius 2 is 2.16 bits per heavy atom. The van der Waals surface area contributed by atoms with E-state index < -0.39 is 7.12 Å². The number of methoxy groups -OCH3 is 1. The molecular formula is C12H13BN2O4. The van der Waals surface area contributed by atoms with Gasteiger partial charge in [-0.3, -0.25) is 9.36 Å². The number of aromatic nitrogens is 2. The van der Waals surface area contributed by atoms with Crippen LogP contribution >= 0.6 is 0 Å². The van der Waals surface area contributed by atoms with Gasteiger partial charge in [0.15, 0.2) is 0 Å². The summed E-state index contributed by atoms with van der Waals surface area (Å²) in [5, 5.41) is 18.6. The first-order chi connectivity index (χ1) is 9.11. The van der Waals surface area contributed by atoms with E-state index >= 15 is 0 Å². The van der Waals surface area contributed by atoms with Crippen molar-refractivity contribution in [2.45, 2.75) is 6.54 Å². The zero-order chi connectivity index (χ0) is 13.8. The highest BCUT2D eigenvalue weighted by Gasteiger charge is 2.17. The summed E-state index contributed by atoms with van der Waals surface area (Å²) in [6.07, 6.45) is 2.86. The largest absolute Gasteiger partial charge is 0.497 e. The van der Waals surface area contributed by atoms with Gasteiger partial charge in [-0.1, -0.05) is 12.1 Å². The molecule has 2 rings (SSSR count). The van der Waals surface area contributed by atoms with E-state index in [1.54, 1.807) is 18.2 Å². The van der Waals surface area contributed by atoms with E-state index in [1.165, 1.54) is 30.3 Å². The molecular weight excluding hydrogens is 247 g/mol. The maximum Gasteiger partial charge on any atom is 0.492 e. The zero-order valence-corrected chi connectivity index (χ0v) is 10.4. The molecule has 2 aromatic rings. The maximum atomic E-state index is 11.6. The molecule has 0 spiro atoms. The van der Waals surface area contributed by atoms with Crippen LogP contribution in [0.2, 0.25) is 0 Å². The van der Waals surface area contributed by atoms with Crippen LogP contribution in [0.3, 0.4) is 0 Å². The second-order valence-corrected chi connectivity index (χ2v) is 4.00. The molecule has 0 aliphatic carbocycles. The molecule has 7 heteroatoms. The Balaban J connectivity index is 2.34. The molecule has 0 bridgehead atoms. The molecule has 0 amide bonds. The third-order valence-electron chi connectivity index (χ3n) is 2.72. The topological polar surface area (TPSA) is 84.6 Å². The first-order valence-corrected chi connectivity index (χ1v) is 5.65. The monoisotopic (exact) mass is 260 g/mol. The van der Waals surface area contributed by atoms with Gasteiger partial charge in [0.1, 0.15) is 5.75 Å². The molecule has 1 aromatic carbocycles. The van der Waals surface area contributed by atoms with E-state index in [0.717, 1.165) is 5.56 Å². The van der Waals surface area contributed by atoms with Crippen LogP contribution in [-0.2, 0) is 6.54 Å². The van der Waals surface area contributed by atoms with E-state index in [9.17, 15) is 14.8 Å². The smallest absolute Gasteiger partial charge is 0.492 e. The van der Waals surface area contributed by atoms with Gasteiger partial charge in [-0.05, 0) is 11.6 Å². The quantitative estimate of drug-likeness (QED) is 0.687. The van der Waals surface area contributed by atoms with Crippen molar-refractivity contribution >= 4 is 12.6 Å². The Hall–Kier alpha value is -2.12. The first kappa shape index (κ1) is 13.3. The third kappa shape index (κ3) is 3.01. The molecule has 0 saturated heterocycles.